The quantitative estimate of drug-likeness (QED) is 0.738. The molecule has 0 bridgehead atoms. The van der Waals surface area contributed by atoms with E-state index in [9.17, 15) is 0 Å². The highest BCUT2D eigenvalue weighted by atomic mass is 16.5. The van der Waals surface area contributed by atoms with Crippen molar-refractivity contribution >= 4 is 0 Å². The van der Waals surface area contributed by atoms with E-state index in [1.54, 1.807) is 0 Å². The van der Waals surface area contributed by atoms with Crippen LogP contribution in [0.3, 0.4) is 0 Å². The van der Waals surface area contributed by atoms with Crippen molar-refractivity contribution in [1.29, 1.82) is 0 Å². The van der Waals surface area contributed by atoms with Gasteiger partial charge in [0.05, 0.1) is 12.2 Å². The number of nitrogens with zero attached hydrogens (tertiary/aromatic N) is 1. The van der Waals surface area contributed by atoms with Crippen LogP contribution in [0.25, 0.3) is 0 Å². The fourth-order valence-corrected chi connectivity index (χ4v) is 3.70. The first kappa shape index (κ1) is 14.6. The van der Waals surface area contributed by atoms with Gasteiger partial charge >= 0.3 is 0 Å². The van der Waals surface area contributed by atoms with Crippen LogP contribution in [0.15, 0.2) is 12.2 Å². The molecule has 3 heteroatoms. The molecule has 0 saturated carbocycles. The van der Waals surface area contributed by atoms with Gasteiger partial charge < -0.3 is 14.4 Å². The first-order valence-corrected chi connectivity index (χ1v) is 8.51. The third-order valence-corrected chi connectivity index (χ3v) is 4.98. The molecule has 0 amide bonds. The number of hydrogen-bond donors (Lipinski definition) is 0. The summed E-state index contributed by atoms with van der Waals surface area (Å²) >= 11 is 0. The summed E-state index contributed by atoms with van der Waals surface area (Å²) in [6.45, 7) is 5.54. The molecule has 114 valence electrons. The highest BCUT2D eigenvalue weighted by Crippen LogP contribution is 2.23. The molecule has 2 heterocycles. The zero-order valence-corrected chi connectivity index (χ0v) is 12.6. The molecule has 3 nitrogen and oxygen atoms in total. The summed E-state index contributed by atoms with van der Waals surface area (Å²) in [6.07, 6.45) is 14.3. The molecule has 0 aromatic carbocycles. The average Bonchev–Trinajstić information content (AvgIpc) is 2.51. The molecular weight excluding hydrogens is 250 g/mol. The minimum Gasteiger partial charge on any atom is -0.381 e. The van der Waals surface area contributed by atoms with Crippen LogP contribution < -0.4 is 0 Å². The molecule has 2 fully saturated rings. The Morgan fingerprint density at radius 3 is 2.40 bits per heavy atom. The van der Waals surface area contributed by atoms with Crippen LogP contribution in [0.2, 0.25) is 0 Å². The number of piperidine rings is 1. The Kier molecular flexibility index (Phi) is 5.51. The summed E-state index contributed by atoms with van der Waals surface area (Å²) in [5.41, 5.74) is 0. The molecule has 3 rings (SSSR count). The second-order valence-corrected chi connectivity index (χ2v) is 6.60. The average molecular weight is 279 g/mol. The van der Waals surface area contributed by atoms with Gasteiger partial charge in [-0.05, 0) is 50.9 Å². The van der Waals surface area contributed by atoms with Crippen molar-refractivity contribution in [3.05, 3.63) is 12.2 Å². The van der Waals surface area contributed by atoms with Crippen molar-refractivity contribution in [3.63, 3.8) is 0 Å². The second kappa shape index (κ2) is 7.58. The van der Waals surface area contributed by atoms with E-state index in [1.807, 2.05) is 0 Å². The highest BCUT2D eigenvalue weighted by molar-refractivity contribution is 4.91. The van der Waals surface area contributed by atoms with E-state index in [2.05, 4.69) is 17.1 Å². The number of ether oxygens (including phenoxy) is 2. The minimum absolute atomic E-state index is 0.462. The van der Waals surface area contributed by atoms with Gasteiger partial charge in [-0.1, -0.05) is 12.2 Å². The first-order chi connectivity index (χ1) is 9.90. The van der Waals surface area contributed by atoms with E-state index in [-0.39, 0.29) is 0 Å². The molecule has 2 saturated heterocycles. The monoisotopic (exact) mass is 279 g/mol. The molecule has 0 aromatic heterocycles. The summed E-state index contributed by atoms with van der Waals surface area (Å²) < 4.78 is 11.6. The van der Waals surface area contributed by atoms with Crippen molar-refractivity contribution in [1.82, 2.24) is 4.90 Å². The molecule has 0 spiro atoms. The van der Waals surface area contributed by atoms with Crippen molar-refractivity contribution in [2.45, 2.75) is 57.2 Å². The third kappa shape index (κ3) is 4.31. The van der Waals surface area contributed by atoms with E-state index in [0.717, 1.165) is 32.0 Å². The van der Waals surface area contributed by atoms with Gasteiger partial charge in [0, 0.05) is 32.8 Å². The molecule has 1 atom stereocenters. The van der Waals surface area contributed by atoms with Crippen LogP contribution in [0.1, 0.15) is 44.9 Å². The topological polar surface area (TPSA) is 21.7 Å². The zero-order valence-electron chi connectivity index (χ0n) is 12.6. The van der Waals surface area contributed by atoms with Crippen LogP contribution in [-0.4, -0.2) is 50.0 Å². The van der Waals surface area contributed by atoms with E-state index < -0.39 is 0 Å². The fourth-order valence-electron chi connectivity index (χ4n) is 3.70. The Hall–Kier alpha value is -0.380. The third-order valence-electron chi connectivity index (χ3n) is 4.98. The summed E-state index contributed by atoms with van der Waals surface area (Å²) in [4.78, 5) is 2.66. The number of hydrogen-bond acceptors (Lipinski definition) is 3. The van der Waals surface area contributed by atoms with E-state index in [4.69, 9.17) is 9.47 Å². The van der Waals surface area contributed by atoms with Gasteiger partial charge in [0.1, 0.15) is 0 Å². The Bertz CT molecular complexity index is 304. The van der Waals surface area contributed by atoms with Gasteiger partial charge in [-0.25, -0.2) is 0 Å². The van der Waals surface area contributed by atoms with E-state index in [1.165, 1.54) is 51.7 Å². The molecule has 20 heavy (non-hydrogen) atoms. The largest absolute Gasteiger partial charge is 0.381 e. The maximum atomic E-state index is 6.25. The van der Waals surface area contributed by atoms with E-state index in [0.29, 0.717) is 12.2 Å². The number of rotatable bonds is 4. The highest BCUT2D eigenvalue weighted by Gasteiger charge is 2.25. The van der Waals surface area contributed by atoms with Crippen molar-refractivity contribution in [2.75, 3.05) is 32.8 Å². The summed E-state index contributed by atoms with van der Waals surface area (Å²) in [6, 6.07) is 0. The molecule has 0 N–H and O–H groups in total. The Labute approximate surface area is 123 Å². The normalized spacial score (nSPS) is 30.7. The number of allylic oxidation sites excluding steroid dienone is 2. The van der Waals surface area contributed by atoms with Gasteiger partial charge in [0.2, 0.25) is 0 Å². The van der Waals surface area contributed by atoms with Gasteiger partial charge in [-0.2, -0.15) is 0 Å². The molecule has 2 aliphatic heterocycles. The van der Waals surface area contributed by atoms with Gasteiger partial charge in [-0.15, -0.1) is 0 Å². The van der Waals surface area contributed by atoms with Gasteiger partial charge in [0.25, 0.3) is 0 Å². The Morgan fingerprint density at radius 2 is 1.70 bits per heavy atom. The van der Waals surface area contributed by atoms with Crippen LogP contribution in [0.4, 0.5) is 0 Å². The Balaban J connectivity index is 1.35. The van der Waals surface area contributed by atoms with Crippen LogP contribution in [-0.2, 0) is 9.47 Å². The molecule has 0 radical (unpaired) electrons. The molecule has 0 aromatic rings. The lowest BCUT2D eigenvalue weighted by Gasteiger charge is -2.36. The lowest BCUT2D eigenvalue weighted by atomic mass is 9.93. The van der Waals surface area contributed by atoms with Crippen LogP contribution >= 0.6 is 0 Å². The summed E-state index contributed by atoms with van der Waals surface area (Å²) in [7, 11) is 0. The predicted molar refractivity (Wildman–Crippen MR) is 80.9 cm³/mol. The van der Waals surface area contributed by atoms with Crippen molar-refractivity contribution in [2.24, 2.45) is 5.92 Å². The maximum absolute atomic E-state index is 6.25. The van der Waals surface area contributed by atoms with Crippen molar-refractivity contribution in [3.8, 4) is 0 Å². The fraction of sp³-hybridized carbons (Fsp3) is 0.882. The lowest BCUT2D eigenvalue weighted by molar-refractivity contribution is -0.0853. The zero-order chi connectivity index (χ0) is 13.6. The molecule has 1 aliphatic carbocycles. The minimum atomic E-state index is 0.462. The molecular formula is C17H29NO2. The van der Waals surface area contributed by atoms with Gasteiger partial charge in [0.15, 0.2) is 0 Å². The van der Waals surface area contributed by atoms with E-state index >= 15 is 0 Å². The number of likely N-dealkylation sites (tertiary alicyclic amines) is 1. The van der Waals surface area contributed by atoms with Crippen molar-refractivity contribution < 1.29 is 9.47 Å². The maximum Gasteiger partial charge on any atom is 0.0622 e. The summed E-state index contributed by atoms with van der Waals surface area (Å²) in [5.74, 6) is 0.896. The van der Waals surface area contributed by atoms with Crippen LogP contribution in [0.5, 0.6) is 0 Å². The SMILES string of the molecule is C1=CC[C@@H](CN2CCC(OC3CCOCC3)CC2)CC1. The Morgan fingerprint density at radius 1 is 0.950 bits per heavy atom. The van der Waals surface area contributed by atoms with Gasteiger partial charge in [-0.3, -0.25) is 0 Å². The molecule has 0 unspecified atom stereocenters. The predicted octanol–water partition coefficient (Wildman–Crippen LogP) is 3.00. The summed E-state index contributed by atoms with van der Waals surface area (Å²) in [5, 5.41) is 0. The smallest absolute Gasteiger partial charge is 0.0622 e. The first-order valence-electron chi connectivity index (χ1n) is 8.51. The molecule has 3 aliphatic rings. The second-order valence-electron chi connectivity index (χ2n) is 6.60. The lowest BCUT2D eigenvalue weighted by Crippen LogP contribution is -2.41. The van der Waals surface area contributed by atoms with Crippen LogP contribution in [0, 0.1) is 5.92 Å². The standard InChI is InChI=1S/C17H29NO2/c1-2-4-15(5-3-1)14-18-10-6-16(7-11-18)20-17-8-12-19-13-9-17/h1-2,15-17H,3-14H2/t15-/m1/s1.